The van der Waals surface area contributed by atoms with Crippen LogP contribution >= 0.6 is 0 Å². The lowest BCUT2D eigenvalue weighted by Gasteiger charge is -2.16. The summed E-state index contributed by atoms with van der Waals surface area (Å²) in [5, 5.41) is 10.7. The molecular weight excluding hydrogens is 292 g/mol. The first kappa shape index (κ1) is 13.8. The molecule has 0 amide bonds. The van der Waals surface area contributed by atoms with Gasteiger partial charge in [-0.15, -0.1) is 0 Å². The molecule has 3 N–H and O–H groups in total. The Bertz CT molecular complexity index is 1010. The van der Waals surface area contributed by atoms with Gasteiger partial charge in [0.1, 0.15) is 5.65 Å². The number of H-pyrrole nitrogens is 2. The fourth-order valence-electron chi connectivity index (χ4n) is 3.09. The summed E-state index contributed by atoms with van der Waals surface area (Å²) in [7, 11) is 0. The Kier molecular flexibility index (Phi) is 3.24. The van der Waals surface area contributed by atoms with Crippen LogP contribution in [0.4, 0.5) is 0 Å². The van der Waals surface area contributed by atoms with Gasteiger partial charge in [0.2, 0.25) is 0 Å². The highest BCUT2D eigenvalue weighted by atomic mass is 16.3. The third-order valence-corrected chi connectivity index (χ3v) is 4.15. The lowest BCUT2D eigenvalue weighted by atomic mass is 10.1. The number of fused-ring (bicyclic) bond motifs is 3. The van der Waals surface area contributed by atoms with Gasteiger partial charge in [0.25, 0.3) is 0 Å². The Labute approximate surface area is 131 Å². The fourth-order valence-corrected chi connectivity index (χ4v) is 3.09. The van der Waals surface area contributed by atoms with Gasteiger partial charge >= 0.3 is 5.69 Å². The van der Waals surface area contributed by atoms with E-state index in [-0.39, 0.29) is 18.3 Å². The Hall–Kier alpha value is -2.86. The molecule has 3 heterocycles. The summed E-state index contributed by atoms with van der Waals surface area (Å²) in [5.74, 6) is 0. The molecule has 0 aliphatic rings. The topological polar surface area (TPSA) is 86.7 Å². The fraction of sp³-hybridized carbons (Fsp3) is 0.176. The van der Waals surface area contributed by atoms with Crippen molar-refractivity contribution < 1.29 is 5.11 Å². The summed E-state index contributed by atoms with van der Waals surface area (Å²) < 4.78 is 1.64. The molecule has 0 spiro atoms. The van der Waals surface area contributed by atoms with E-state index in [1.807, 2.05) is 36.4 Å². The highest BCUT2D eigenvalue weighted by Crippen LogP contribution is 2.24. The Balaban J connectivity index is 1.90. The molecule has 0 unspecified atom stereocenters. The van der Waals surface area contributed by atoms with Crippen LogP contribution in [-0.4, -0.2) is 31.2 Å². The van der Waals surface area contributed by atoms with Crippen molar-refractivity contribution in [1.82, 2.24) is 19.5 Å². The molecule has 3 aromatic heterocycles. The molecule has 0 bridgehead atoms. The molecule has 1 atom stereocenters. The zero-order chi connectivity index (χ0) is 15.8. The van der Waals surface area contributed by atoms with E-state index in [1.54, 1.807) is 17.0 Å². The summed E-state index contributed by atoms with van der Waals surface area (Å²) in [4.78, 5) is 22.6. The van der Waals surface area contributed by atoms with Gasteiger partial charge in [-0.25, -0.2) is 9.78 Å². The minimum Gasteiger partial charge on any atom is -0.394 e. The van der Waals surface area contributed by atoms with Gasteiger partial charge in [-0.1, -0.05) is 30.3 Å². The van der Waals surface area contributed by atoms with Crippen LogP contribution in [0, 0.1) is 0 Å². The number of benzene rings is 1. The second kappa shape index (κ2) is 5.40. The molecule has 1 aromatic carbocycles. The van der Waals surface area contributed by atoms with E-state index >= 15 is 0 Å². The molecular formula is C17H16N4O2. The molecule has 0 radical (unpaired) electrons. The van der Waals surface area contributed by atoms with Crippen molar-refractivity contribution in [1.29, 1.82) is 0 Å². The van der Waals surface area contributed by atoms with Crippen LogP contribution < -0.4 is 5.69 Å². The minimum atomic E-state index is -0.334. The van der Waals surface area contributed by atoms with Gasteiger partial charge in [0, 0.05) is 11.6 Å². The largest absolute Gasteiger partial charge is 0.394 e. The van der Waals surface area contributed by atoms with E-state index < -0.39 is 0 Å². The van der Waals surface area contributed by atoms with Crippen LogP contribution in [0.15, 0.2) is 53.6 Å². The van der Waals surface area contributed by atoms with Crippen molar-refractivity contribution in [2.75, 3.05) is 6.61 Å². The van der Waals surface area contributed by atoms with Gasteiger partial charge < -0.3 is 15.1 Å². The zero-order valence-corrected chi connectivity index (χ0v) is 12.4. The maximum Gasteiger partial charge on any atom is 0.326 e. The highest BCUT2D eigenvalue weighted by Gasteiger charge is 2.19. The van der Waals surface area contributed by atoms with Gasteiger partial charge in [-0.2, -0.15) is 0 Å². The number of aromatic amines is 2. The Morgan fingerprint density at radius 3 is 2.83 bits per heavy atom. The smallest absolute Gasteiger partial charge is 0.326 e. The number of aliphatic hydroxyl groups excluding tert-OH is 1. The number of imidazole rings is 1. The van der Waals surface area contributed by atoms with Crippen LogP contribution in [-0.2, 0) is 6.42 Å². The summed E-state index contributed by atoms with van der Waals surface area (Å²) >= 11 is 0. The number of hydrogen-bond acceptors (Lipinski definition) is 3. The predicted molar refractivity (Wildman–Crippen MR) is 88.5 cm³/mol. The van der Waals surface area contributed by atoms with E-state index in [9.17, 15) is 9.90 Å². The Morgan fingerprint density at radius 2 is 2.04 bits per heavy atom. The van der Waals surface area contributed by atoms with E-state index in [4.69, 9.17) is 0 Å². The van der Waals surface area contributed by atoms with Gasteiger partial charge in [0.15, 0.2) is 0 Å². The van der Waals surface area contributed by atoms with Gasteiger partial charge in [0.05, 0.1) is 29.9 Å². The lowest BCUT2D eigenvalue weighted by Crippen LogP contribution is -2.26. The van der Waals surface area contributed by atoms with Crippen LogP contribution in [0.3, 0.4) is 0 Å². The predicted octanol–water partition coefficient (Wildman–Crippen LogP) is 1.98. The van der Waals surface area contributed by atoms with Crippen molar-refractivity contribution in [2.45, 2.75) is 12.5 Å². The number of nitrogens with one attached hydrogen (secondary N) is 2. The zero-order valence-electron chi connectivity index (χ0n) is 12.4. The van der Waals surface area contributed by atoms with Gasteiger partial charge in [-0.05, 0) is 18.1 Å². The van der Waals surface area contributed by atoms with E-state index in [0.29, 0.717) is 11.9 Å². The first-order valence-electron chi connectivity index (χ1n) is 7.49. The number of pyridine rings is 1. The van der Waals surface area contributed by atoms with Crippen LogP contribution in [0.25, 0.3) is 22.1 Å². The van der Waals surface area contributed by atoms with Gasteiger partial charge in [-0.3, -0.25) is 4.57 Å². The average molecular weight is 308 g/mol. The SMILES string of the molecule is O=c1[nH]c2cnc3[nH]ccc3c2n1[C@H](CO)Cc1ccccc1. The minimum absolute atomic E-state index is 0.115. The monoisotopic (exact) mass is 308 g/mol. The molecule has 0 aliphatic heterocycles. The van der Waals surface area contributed by atoms with E-state index in [2.05, 4.69) is 15.0 Å². The summed E-state index contributed by atoms with van der Waals surface area (Å²) in [6.45, 7) is -0.115. The quantitative estimate of drug-likeness (QED) is 0.539. The first-order valence-corrected chi connectivity index (χ1v) is 7.49. The third-order valence-electron chi connectivity index (χ3n) is 4.15. The van der Waals surface area contributed by atoms with Crippen molar-refractivity contribution in [2.24, 2.45) is 0 Å². The maximum absolute atomic E-state index is 12.5. The molecule has 23 heavy (non-hydrogen) atoms. The normalized spacial score (nSPS) is 12.9. The van der Waals surface area contributed by atoms with Crippen molar-refractivity contribution in [3.63, 3.8) is 0 Å². The number of hydrogen-bond donors (Lipinski definition) is 3. The van der Waals surface area contributed by atoms with Crippen LogP contribution in [0.1, 0.15) is 11.6 Å². The summed E-state index contributed by atoms with van der Waals surface area (Å²) in [6.07, 6.45) is 4.02. The second-order valence-electron chi connectivity index (χ2n) is 5.59. The molecule has 0 saturated carbocycles. The van der Waals surface area contributed by atoms with E-state index in [0.717, 1.165) is 22.1 Å². The first-order chi connectivity index (χ1) is 11.3. The molecule has 0 aliphatic carbocycles. The molecule has 6 nitrogen and oxygen atoms in total. The lowest BCUT2D eigenvalue weighted by molar-refractivity contribution is 0.227. The van der Waals surface area contributed by atoms with Crippen LogP contribution in [0.2, 0.25) is 0 Å². The summed E-state index contributed by atoms with van der Waals surface area (Å²) in [5.41, 5.74) is 3.02. The maximum atomic E-state index is 12.5. The number of nitrogens with zero attached hydrogens (tertiary/aromatic N) is 2. The molecule has 0 fully saturated rings. The standard InChI is InChI=1S/C17H16N4O2/c22-10-12(8-11-4-2-1-3-5-11)21-15-13-6-7-18-16(13)19-9-14(15)20-17(21)23/h1-7,9,12,22H,8,10H2,(H,18,19)(H,20,23)/t12-/m0/s1. The van der Waals surface area contributed by atoms with Crippen molar-refractivity contribution in [3.8, 4) is 0 Å². The average Bonchev–Trinajstić information content (AvgIpc) is 3.17. The number of aliphatic hydroxyl groups is 1. The third kappa shape index (κ3) is 2.24. The number of aromatic nitrogens is 4. The van der Waals surface area contributed by atoms with Crippen LogP contribution in [0.5, 0.6) is 0 Å². The molecule has 116 valence electrons. The molecule has 0 saturated heterocycles. The van der Waals surface area contributed by atoms with E-state index in [1.165, 1.54) is 0 Å². The Morgan fingerprint density at radius 1 is 1.22 bits per heavy atom. The molecule has 4 aromatic rings. The summed E-state index contributed by atoms with van der Waals surface area (Å²) in [6, 6.07) is 11.4. The number of rotatable bonds is 4. The molecule has 6 heteroatoms. The molecule has 4 rings (SSSR count). The highest BCUT2D eigenvalue weighted by molar-refractivity contribution is 6.00. The second-order valence-corrected chi connectivity index (χ2v) is 5.59. The van der Waals surface area contributed by atoms with Crippen molar-refractivity contribution in [3.05, 3.63) is 64.8 Å². The van der Waals surface area contributed by atoms with Crippen molar-refractivity contribution >= 4 is 22.1 Å².